The van der Waals surface area contributed by atoms with Crippen molar-refractivity contribution >= 4 is 45.3 Å². The first-order chi connectivity index (χ1) is 14.9. The summed E-state index contributed by atoms with van der Waals surface area (Å²) < 4.78 is 2.49. The molecule has 0 saturated carbocycles. The van der Waals surface area contributed by atoms with Crippen LogP contribution in [0.4, 0.5) is 5.69 Å². The first kappa shape index (κ1) is 20.7. The van der Waals surface area contributed by atoms with Crippen molar-refractivity contribution < 1.29 is 14.7 Å². The number of rotatable bonds is 6. The fourth-order valence-corrected chi connectivity index (χ4v) is 3.71. The highest BCUT2D eigenvalue weighted by Crippen LogP contribution is 2.29. The summed E-state index contributed by atoms with van der Waals surface area (Å²) in [5, 5.41) is 19.4. The smallest absolute Gasteiger partial charge is 0.305 e. The Morgan fingerprint density at radius 2 is 1.94 bits per heavy atom. The molecule has 1 amide bonds. The molecule has 1 aromatic heterocycles. The Labute approximate surface area is 187 Å². The molecule has 7 nitrogen and oxygen atoms in total. The molecule has 156 valence electrons. The van der Waals surface area contributed by atoms with E-state index in [0.29, 0.717) is 22.7 Å². The second-order valence-corrected chi connectivity index (χ2v) is 7.96. The van der Waals surface area contributed by atoms with E-state index in [1.165, 1.54) is 5.01 Å². The number of anilines is 1. The molecule has 1 aliphatic heterocycles. The van der Waals surface area contributed by atoms with Gasteiger partial charge in [0.25, 0.3) is 5.91 Å². The van der Waals surface area contributed by atoms with Crippen molar-refractivity contribution in [2.24, 2.45) is 5.10 Å². The number of nitrogens with zero attached hydrogens (tertiary/aromatic N) is 4. The minimum Gasteiger partial charge on any atom is -0.481 e. The van der Waals surface area contributed by atoms with Gasteiger partial charge in [-0.15, -0.1) is 0 Å². The number of amides is 1. The molecule has 0 aliphatic carbocycles. The quantitative estimate of drug-likeness (QED) is 0.524. The van der Waals surface area contributed by atoms with Crippen LogP contribution >= 0.6 is 15.9 Å². The Morgan fingerprint density at radius 3 is 2.65 bits per heavy atom. The molecule has 4 rings (SSSR count). The number of carboxylic acids is 1. The minimum absolute atomic E-state index is 0.0448. The highest BCUT2D eigenvalue weighted by atomic mass is 79.9. The summed E-state index contributed by atoms with van der Waals surface area (Å²) >= 11 is 3.47. The Hall–Kier alpha value is -3.52. The van der Waals surface area contributed by atoms with Crippen LogP contribution in [0.15, 0.2) is 75.9 Å². The average Bonchev–Trinajstić information content (AvgIpc) is 3.29. The van der Waals surface area contributed by atoms with E-state index >= 15 is 0 Å². The first-order valence-corrected chi connectivity index (χ1v) is 10.4. The van der Waals surface area contributed by atoms with E-state index in [-0.39, 0.29) is 18.9 Å². The van der Waals surface area contributed by atoms with Gasteiger partial charge in [0.2, 0.25) is 0 Å². The lowest BCUT2D eigenvalue weighted by molar-refractivity contribution is -0.137. The van der Waals surface area contributed by atoms with E-state index in [9.17, 15) is 9.59 Å². The lowest BCUT2D eigenvalue weighted by Gasteiger charge is -2.11. The number of para-hydroxylation sites is 1. The van der Waals surface area contributed by atoms with Crippen molar-refractivity contribution in [3.8, 4) is 11.3 Å². The van der Waals surface area contributed by atoms with Gasteiger partial charge in [-0.25, -0.2) is 0 Å². The largest absolute Gasteiger partial charge is 0.481 e. The first-order valence-electron chi connectivity index (χ1n) is 9.64. The van der Waals surface area contributed by atoms with Crippen LogP contribution in [0, 0.1) is 0 Å². The van der Waals surface area contributed by atoms with Gasteiger partial charge in [0.15, 0.2) is 0 Å². The highest BCUT2D eigenvalue weighted by Gasteiger charge is 2.29. The van der Waals surface area contributed by atoms with Gasteiger partial charge in [-0.1, -0.05) is 46.3 Å². The summed E-state index contributed by atoms with van der Waals surface area (Å²) in [5.74, 6) is -1.12. The molecular weight excluding hydrogens is 460 g/mol. The van der Waals surface area contributed by atoms with Gasteiger partial charge in [0.05, 0.1) is 35.6 Å². The molecule has 0 fully saturated rings. The lowest BCUT2D eigenvalue weighted by atomic mass is 10.0. The third-order valence-electron chi connectivity index (χ3n) is 4.81. The maximum Gasteiger partial charge on any atom is 0.305 e. The second-order valence-electron chi connectivity index (χ2n) is 7.05. The zero-order valence-corrected chi connectivity index (χ0v) is 18.3. The number of carbonyl (C=O) groups excluding carboxylic acids is 1. The molecule has 1 N–H and O–H groups in total. The Balaban J connectivity index is 1.74. The predicted molar refractivity (Wildman–Crippen MR) is 123 cm³/mol. The fourth-order valence-electron chi connectivity index (χ4n) is 3.31. The topological polar surface area (TPSA) is 87.8 Å². The Morgan fingerprint density at radius 1 is 1.16 bits per heavy atom. The van der Waals surface area contributed by atoms with Crippen LogP contribution < -0.4 is 5.01 Å². The average molecular weight is 479 g/mol. The number of hydrogen-bond acceptors (Lipinski definition) is 4. The molecule has 3 aromatic rings. The SMILES string of the molecule is CC1=NN(c2ccccc2)C(=O)/C1=C/c1cn(CCC(=O)O)nc1-c1cccc(Br)c1. The number of hydrazone groups is 1. The van der Waals surface area contributed by atoms with Crippen LogP contribution in [0.1, 0.15) is 18.9 Å². The van der Waals surface area contributed by atoms with Gasteiger partial charge in [0, 0.05) is 21.8 Å². The number of aliphatic carboxylic acids is 1. The molecule has 1 aliphatic rings. The number of aryl methyl sites for hydroxylation is 1. The summed E-state index contributed by atoms with van der Waals surface area (Å²) in [6, 6.07) is 16.9. The summed E-state index contributed by atoms with van der Waals surface area (Å²) in [5.41, 5.74) is 4.01. The summed E-state index contributed by atoms with van der Waals surface area (Å²) in [6.07, 6.45) is 3.49. The van der Waals surface area contributed by atoms with Crippen molar-refractivity contribution in [3.05, 3.63) is 76.4 Å². The van der Waals surface area contributed by atoms with E-state index in [4.69, 9.17) is 5.11 Å². The van der Waals surface area contributed by atoms with Crippen molar-refractivity contribution in [1.29, 1.82) is 0 Å². The number of carbonyl (C=O) groups is 2. The zero-order chi connectivity index (χ0) is 22.0. The second kappa shape index (κ2) is 8.69. The Kier molecular flexibility index (Phi) is 5.81. The predicted octanol–water partition coefficient (Wildman–Crippen LogP) is 4.59. The van der Waals surface area contributed by atoms with E-state index in [1.807, 2.05) is 54.6 Å². The van der Waals surface area contributed by atoms with Gasteiger partial charge in [-0.05, 0) is 37.3 Å². The van der Waals surface area contributed by atoms with Crippen LogP contribution in [0.3, 0.4) is 0 Å². The van der Waals surface area contributed by atoms with Gasteiger partial charge in [-0.2, -0.15) is 15.2 Å². The molecule has 0 bridgehead atoms. The molecule has 0 radical (unpaired) electrons. The molecular formula is C23H19BrN4O3. The maximum absolute atomic E-state index is 13.1. The molecule has 0 spiro atoms. The molecule has 8 heteroatoms. The third-order valence-corrected chi connectivity index (χ3v) is 5.30. The third kappa shape index (κ3) is 4.49. The normalized spacial score (nSPS) is 14.9. The van der Waals surface area contributed by atoms with Crippen LogP contribution in [-0.4, -0.2) is 32.5 Å². The number of aromatic nitrogens is 2. The van der Waals surface area contributed by atoms with E-state index < -0.39 is 5.97 Å². The van der Waals surface area contributed by atoms with Crippen LogP contribution in [0.2, 0.25) is 0 Å². The molecule has 0 unspecified atom stereocenters. The van der Waals surface area contributed by atoms with Gasteiger partial charge >= 0.3 is 5.97 Å². The Bertz CT molecular complexity index is 1210. The summed E-state index contributed by atoms with van der Waals surface area (Å²) in [6.45, 7) is 2.02. The number of hydrogen-bond donors (Lipinski definition) is 1. The van der Waals surface area contributed by atoms with Crippen LogP contribution in [-0.2, 0) is 16.1 Å². The lowest BCUT2D eigenvalue weighted by Crippen LogP contribution is -2.21. The van der Waals surface area contributed by atoms with Gasteiger partial charge < -0.3 is 5.11 Å². The van der Waals surface area contributed by atoms with Gasteiger partial charge in [-0.3, -0.25) is 14.3 Å². The van der Waals surface area contributed by atoms with Crippen LogP contribution in [0.25, 0.3) is 17.3 Å². The molecule has 0 atom stereocenters. The molecule has 2 aromatic carbocycles. The zero-order valence-electron chi connectivity index (χ0n) is 16.7. The maximum atomic E-state index is 13.1. The standard InChI is InChI=1S/C23H19BrN4O3/c1-15-20(23(31)28(25-15)19-8-3-2-4-9-19)13-17-14-27(11-10-21(29)30)26-22(17)16-6-5-7-18(24)12-16/h2-9,12-14H,10-11H2,1H3,(H,29,30)/b20-13+. The highest BCUT2D eigenvalue weighted by molar-refractivity contribution is 9.10. The van der Waals surface area contributed by atoms with Gasteiger partial charge in [0.1, 0.15) is 0 Å². The number of carboxylic acid groups (broad SMARTS) is 1. The van der Waals surface area contributed by atoms with Crippen molar-refractivity contribution in [2.45, 2.75) is 19.9 Å². The van der Waals surface area contributed by atoms with Crippen LogP contribution in [0.5, 0.6) is 0 Å². The number of benzene rings is 2. The summed E-state index contributed by atoms with van der Waals surface area (Å²) in [4.78, 5) is 24.1. The fraction of sp³-hybridized carbons (Fsp3) is 0.130. The van der Waals surface area contributed by atoms with E-state index in [0.717, 1.165) is 15.6 Å². The van der Waals surface area contributed by atoms with Crippen molar-refractivity contribution in [2.75, 3.05) is 5.01 Å². The molecule has 0 saturated heterocycles. The molecule has 31 heavy (non-hydrogen) atoms. The van der Waals surface area contributed by atoms with E-state index in [2.05, 4.69) is 26.1 Å². The number of halogens is 1. The van der Waals surface area contributed by atoms with E-state index in [1.54, 1.807) is 23.9 Å². The molecule has 2 heterocycles. The van der Waals surface area contributed by atoms with Crippen molar-refractivity contribution in [1.82, 2.24) is 9.78 Å². The van der Waals surface area contributed by atoms with Crippen molar-refractivity contribution in [3.63, 3.8) is 0 Å². The monoisotopic (exact) mass is 478 g/mol. The minimum atomic E-state index is -0.896. The summed E-state index contributed by atoms with van der Waals surface area (Å²) in [7, 11) is 0.